The first-order valence-electron chi connectivity index (χ1n) is 8.10. The fourth-order valence-electron chi connectivity index (χ4n) is 2.72. The van der Waals surface area contributed by atoms with Crippen LogP contribution in [0.4, 0.5) is 0 Å². The molecule has 1 aliphatic rings. The van der Waals surface area contributed by atoms with Crippen LogP contribution < -0.4 is 9.88 Å². The monoisotopic (exact) mass is 354 g/mol. The summed E-state index contributed by atoms with van der Waals surface area (Å²) in [7, 11) is -3.61. The maximum absolute atomic E-state index is 12.2. The Balaban J connectivity index is 1.91. The molecule has 0 radical (unpaired) electrons. The number of sulfonamides is 1. The van der Waals surface area contributed by atoms with Crippen LogP contribution >= 0.6 is 0 Å². The lowest BCUT2D eigenvalue weighted by atomic mass is 9.87. The van der Waals surface area contributed by atoms with Crippen LogP contribution in [0.3, 0.4) is 0 Å². The molecule has 6 nitrogen and oxygen atoms in total. The molecule has 134 valence electrons. The van der Waals surface area contributed by atoms with E-state index in [0.717, 1.165) is 0 Å². The molecule has 1 unspecified atom stereocenters. The van der Waals surface area contributed by atoms with E-state index < -0.39 is 15.3 Å². The van der Waals surface area contributed by atoms with Gasteiger partial charge in [0, 0.05) is 13.1 Å². The van der Waals surface area contributed by atoms with Crippen LogP contribution in [0.25, 0.3) is 0 Å². The van der Waals surface area contributed by atoms with E-state index in [2.05, 4.69) is 20.8 Å². The summed E-state index contributed by atoms with van der Waals surface area (Å²) < 4.78 is 28.4. The minimum atomic E-state index is -3.61. The Labute approximate surface area is 144 Å². The van der Waals surface area contributed by atoms with Crippen molar-refractivity contribution in [1.29, 1.82) is 0 Å². The number of carbonyl (C=O) groups is 1. The van der Waals surface area contributed by atoms with E-state index in [9.17, 15) is 13.2 Å². The first kappa shape index (κ1) is 18.7. The number of amides is 1. The normalized spacial score (nSPS) is 19.2. The van der Waals surface area contributed by atoms with Gasteiger partial charge in [0.2, 0.25) is 10.0 Å². The van der Waals surface area contributed by atoms with E-state index in [4.69, 9.17) is 9.88 Å². The minimum Gasteiger partial charge on any atom is -0.484 e. The summed E-state index contributed by atoms with van der Waals surface area (Å²) in [6.45, 7) is 6.97. The zero-order valence-corrected chi connectivity index (χ0v) is 15.3. The van der Waals surface area contributed by atoms with Crippen molar-refractivity contribution in [3.8, 4) is 5.75 Å². The molecule has 0 aromatic heterocycles. The van der Waals surface area contributed by atoms with Crippen LogP contribution in [-0.4, -0.2) is 44.2 Å². The Morgan fingerprint density at radius 2 is 1.92 bits per heavy atom. The lowest BCUT2D eigenvalue weighted by Crippen LogP contribution is -2.48. The predicted octanol–water partition coefficient (Wildman–Crippen LogP) is 1.64. The third-order valence-corrected chi connectivity index (χ3v) is 5.59. The lowest BCUT2D eigenvalue weighted by Gasteiger charge is -2.31. The maximum atomic E-state index is 12.2. The van der Waals surface area contributed by atoms with Crippen molar-refractivity contribution in [1.82, 2.24) is 4.90 Å². The minimum absolute atomic E-state index is 0.0604. The van der Waals surface area contributed by atoms with Crippen LogP contribution in [0.5, 0.6) is 5.75 Å². The van der Waals surface area contributed by atoms with Crippen LogP contribution in [0.1, 0.15) is 39.2 Å². The van der Waals surface area contributed by atoms with Crippen molar-refractivity contribution in [2.45, 2.75) is 44.3 Å². The highest BCUT2D eigenvalue weighted by atomic mass is 32.2. The molecule has 1 aromatic rings. The molecule has 1 fully saturated rings. The molecular formula is C17H26N2O4S. The second-order valence-electron chi connectivity index (χ2n) is 7.26. The zero-order valence-electron chi connectivity index (χ0n) is 14.5. The number of nitrogens with zero attached hydrogens (tertiary/aromatic N) is 1. The Kier molecular flexibility index (Phi) is 5.55. The zero-order chi connectivity index (χ0) is 18.0. The van der Waals surface area contributed by atoms with Crippen molar-refractivity contribution >= 4 is 15.9 Å². The molecule has 1 aliphatic heterocycles. The van der Waals surface area contributed by atoms with Gasteiger partial charge in [-0.2, -0.15) is 0 Å². The fourth-order valence-corrected chi connectivity index (χ4v) is 3.60. The first-order valence-corrected chi connectivity index (χ1v) is 9.71. The highest BCUT2D eigenvalue weighted by Gasteiger charge is 2.30. The van der Waals surface area contributed by atoms with Crippen molar-refractivity contribution in [3.05, 3.63) is 29.8 Å². The van der Waals surface area contributed by atoms with Gasteiger partial charge < -0.3 is 9.64 Å². The third kappa shape index (κ3) is 4.95. The summed E-state index contributed by atoms with van der Waals surface area (Å²) in [4.78, 5) is 13.8. The number of hydrogen-bond donors (Lipinski definition) is 1. The number of primary sulfonamides is 1. The summed E-state index contributed by atoms with van der Waals surface area (Å²) >= 11 is 0. The molecule has 1 heterocycles. The van der Waals surface area contributed by atoms with E-state index in [0.29, 0.717) is 25.1 Å². The van der Waals surface area contributed by atoms with Gasteiger partial charge in [0.25, 0.3) is 5.91 Å². The number of likely N-dealkylation sites (tertiary alicyclic amines) is 1. The van der Waals surface area contributed by atoms with Gasteiger partial charge in [0.1, 0.15) is 5.75 Å². The third-order valence-electron chi connectivity index (χ3n) is 4.28. The Hall–Kier alpha value is -1.60. The second kappa shape index (κ2) is 7.11. The molecule has 0 saturated carbocycles. The Bertz CT molecular complexity index is 678. The summed E-state index contributed by atoms with van der Waals surface area (Å²) in [5.41, 5.74) is 1.25. The lowest BCUT2D eigenvalue weighted by molar-refractivity contribution is -0.134. The maximum Gasteiger partial charge on any atom is 0.260 e. The largest absolute Gasteiger partial charge is 0.484 e. The SMILES string of the molecule is CC(C)(C)c1ccc(OCC(=O)N2CCCC(S(N)(=O)=O)C2)cc1. The first-order chi connectivity index (χ1) is 11.1. The summed E-state index contributed by atoms with van der Waals surface area (Å²) in [6.07, 6.45) is 1.13. The quantitative estimate of drug-likeness (QED) is 0.890. The van der Waals surface area contributed by atoms with Gasteiger partial charge in [-0.05, 0) is 36.0 Å². The number of benzene rings is 1. The van der Waals surface area contributed by atoms with Gasteiger partial charge in [-0.25, -0.2) is 13.6 Å². The number of piperidine rings is 1. The second-order valence-corrected chi connectivity index (χ2v) is 9.10. The molecule has 1 atom stereocenters. The molecule has 24 heavy (non-hydrogen) atoms. The summed E-state index contributed by atoms with van der Waals surface area (Å²) in [5, 5.41) is 4.51. The highest BCUT2D eigenvalue weighted by Crippen LogP contribution is 2.24. The van der Waals surface area contributed by atoms with E-state index in [1.54, 1.807) is 0 Å². The van der Waals surface area contributed by atoms with Crippen LogP contribution in [0.15, 0.2) is 24.3 Å². The van der Waals surface area contributed by atoms with Crippen molar-refractivity contribution in [2.24, 2.45) is 5.14 Å². The van der Waals surface area contributed by atoms with Crippen molar-refractivity contribution < 1.29 is 17.9 Å². The molecule has 1 amide bonds. The topological polar surface area (TPSA) is 89.7 Å². The van der Waals surface area contributed by atoms with Crippen molar-refractivity contribution in [2.75, 3.05) is 19.7 Å². The highest BCUT2D eigenvalue weighted by molar-refractivity contribution is 7.89. The molecule has 2 rings (SSSR count). The van der Waals surface area contributed by atoms with Gasteiger partial charge in [-0.3, -0.25) is 4.79 Å². The van der Waals surface area contributed by atoms with E-state index >= 15 is 0 Å². The van der Waals surface area contributed by atoms with Gasteiger partial charge in [0.15, 0.2) is 6.61 Å². The predicted molar refractivity (Wildman–Crippen MR) is 93.3 cm³/mol. The van der Waals surface area contributed by atoms with Crippen LogP contribution in [0, 0.1) is 0 Å². The number of carbonyl (C=O) groups excluding carboxylic acids is 1. The number of hydrogen-bond acceptors (Lipinski definition) is 4. The van der Waals surface area contributed by atoms with E-state index in [-0.39, 0.29) is 24.5 Å². The summed E-state index contributed by atoms with van der Waals surface area (Å²) in [5.74, 6) is 0.402. The van der Waals surface area contributed by atoms with Gasteiger partial charge >= 0.3 is 0 Å². The standard InChI is InChI=1S/C17H26N2O4S/c1-17(2,3)13-6-8-14(9-7-13)23-12-16(20)19-10-4-5-15(11-19)24(18,21)22/h6-9,15H,4-5,10-12H2,1-3H3,(H2,18,21,22). The molecule has 7 heteroatoms. The molecule has 0 aliphatic carbocycles. The van der Waals surface area contributed by atoms with E-state index in [1.807, 2.05) is 24.3 Å². The molecule has 0 bridgehead atoms. The van der Waals surface area contributed by atoms with Crippen molar-refractivity contribution in [3.63, 3.8) is 0 Å². The Morgan fingerprint density at radius 3 is 2.46 bits per heavy atom. The molecule has 1 aromatic carbocycles. The smallest absolute Gasteiger partial charge is 0.260 e. The van der Waals surface area contributed by atoms with Crippen LogP contribution in [0.2, 0.25) is 0 Å². The summed E-state index contributed by atoms with van der Waals surface area (Å²) in [6, 6.07) is 7.66. The number of nitrogens with two attached hydrogens (primary N) is 1. The average molecular weight is 354 g/mol. The Morgan fingerprint density at radius 1 is 1.29 bits per heavy atom. The molecule has 0 spiro atoms. The fraction of sp³-hybridized carbons (Fsp3) is 0.588. The number of ether oxygens (including phenoxy) is 1. The molecule has 1 saturated heterocycles. The van der Waals surface area contributed by atoms with E-state index in [1.165, 1.54) is 10.5 Å². The van der Waals surface area contributed by atoms with Gasteiger partial charge in [0.05, 0.1) is 5.25 Å². The number of rotatable bonds is 4. The van der Waals surface area contributed by atoms with Gasteiger partial charge in [-0.15, -0.1) is 0 Å². The molecular weight excluding hydrogens is 328 g/mol. The molecule has 2 N–H and O–H groups in total. The van der Waals surface area contributed by atoms with Crippen LogP contribution in [-0.2, 0) is 20.2 Å². The average Bonchev–Trinajstić information content (AvgIpc) is 2.51. The van der Waals surface area contributed by atoms with Gasteiger partial charge in [-0.1, -0.05) is 32.9 Å².